The van der Waals surface area contributed by atoms with Crippen LogP contribution in [-0.4, -0.2) is 108 Å². The lowest BCUT2D eigenvalue weighted by Gasteiger charge is -2.38. The Labute approximate surface area is 230 Å². The minimum Gasteiger partial charge on any atom is -0.379 e. The Morgan fingerprint density at radius 2 is 1.41 bits per heavy atom. The second-order valence-corrected chi connectivity index (χ2v) is 10.8. The van der Waals surface area contributed by atoms with Gasteiger partial charge in [-0.15, -0.1) is 5.10 Å². The Hall–Kier alpha value is -2.67. The second kappa shape index (κ2) is 15.8. The number of imide groups is 1. The van der Waals surface area contributed by atoms with Crippen molar-refractivity contribution in [1.82, 2.24) is 24.8 Å². The van der Waals surface area contributed by atoms with Gasteiger partial charge in [0.1, 0.15) is 5.69 Å². The molecule has 2 aliphatic rings. The number of carbonyl (C=O) groups excluding carboxylic acids is 3. The van der Waals surface area contributed by atoms with Crippen LogP contribution in [0.2, 0.25) is 0 Å². The van der Waals surface area contributed by atoms with Gasteiger partial charge in [0.05, 0.1) is 78.6 Å². The summed E-state index contributed by atoms with van der Waals surface area (Å²) in [6.07, 6.45) is 6.75. The first-order valence-corrected chi connectivity index (χ1v) is 13.8. The van der Waals surface area contributed by atoms with Crippen molar-refractivity contribution in [2.45, 2.75) is 53.1 Å². The highest BCUT2D eigenvalue weighted by Gasteiger charge is 2.30. The van der Waals surface area contributed by atoms with Crippen LogP contribution in [0.15, 0.2) is 18.3 Å². The Bertz CT molecular complexity index is 933. The van der Waals surface area contributed by atoms with E-state index in [-0.39, 0.29) is 24.3 Å². The fourth-order valence-electron chi connectivity index (χ4n) is 4.50. The van der Waals surface area contributed by atoms with Crippen molar-refractivity contribution >= 4 is 17.7 Å². The minimum absolute atomic E-state index is 0.101. The molecule has 0 bridgehead atoms. The summed E-state index contributed by atoms with van der Waals surface area (Å²) in [6.45, 7) is 12.7. The number of hydrogen-bond donors (Lipinski definition) is 0. The molecule has 0 N–H and O–H groups in total. The molecule has 1 aromatic heterocycles. The summed E-state index contributed by atoms with van der Waals surface area (Å²) in [6, 6.07) is 0. The molecule has 0 unspecified atom stereocenters. The Balaban J connectivity index is 1.08. The molecule has 0 radical (unpaired) electrons. The number of carbonyl (C=O) groups is 3. The number of likely N-dealkylation sites (tertiary alicyclic amines) is 1. The summed E-state index contributed by atoms with van der Waals surface area (Å²) < 4.78 is 23.7. The van der Waals surface area contributed by atoms with Crippen molar-refractivity contribution in [2.24, 2.45) is 11.3 Å². The molecular weight excluding hydrogens is 506 g/mol. The van der Waals surface area contributed by atoms with Gasteiger partial charge < -0.3 is 23.8 Å². The van der Waals surface area contributed by atoms with E-state index in [0.29, 0.717) is 82.8 Å². The summed E-state index contributed by atoms with van der Waals surface area (Å²) in [5, 5.41) is 7.97. The van der Waals surface area contributed by atoms with Crippen molar-refractivity contribution in [3.63, 3.8) is 0 Å². The normalized spacial score (nSPS) is 16.6. The molecule has 12 heteroatoms. The van der Waals surface area contributed by atoms with Crippen molar-refractivity contribution in [2.75, 3.05) is 65.9 Å². The van der Waals surface area contributed by atoms with Crippen molar-refractivity contribution in [3.8, 4) is 0 Å². The van der Waals surface area contributed by atoms with E-state index >= 15 is 0 Å². The minimum atomic E-state index is -0.345. The summed E-state index contributed by atoms with van der Waals surface area (Å²) in [4.78, 5) is 38.7. The van der Waals surface area contributed by atoms with Gasteiger partial charge in [-0.1, -0.05) is 26.0 Å². The van der Waals surface area contributed by atoms with Crippen LogP contribution < -0.4 is 0 Å². The number of piperidine rings is 1. The summed E-state index contributed by atoms with van der Waals surface area (Å²) >= 11 is 0. The maximum atomic E-state index is 12.4. The van der Waals surface area contributed by atoms with Gasteiger partial charge in [-0.3, -0.25) is 19.3 Å². The topological polar surface area (TPSA) is 125 Å². The number of nitrogens with zero attached hydrogens (tertiary/aromatic N) is 5. The first kappa shape index (κ1) is 30.9. The van der Waals surface area contributed by atoms with E-state index in [4.69, 9.17) is 18.9 Å². The maximum absolute atomic E-state index is 12.4. The molecule has 1 fully saturated rings. The first-order valence-electron chi connectivity index (χ1n) is 13.8. The third-order valence-electron chi connectivity index (χ3n) is 6.92. The first-order chi connectivity index (χ1) is 18.7. The van der Waals surface area contributed by atoms with Gasteiger partial charge >= 0.3 is 0 Å². The zero-order valence-electron chi connectivity index (χ0n) is 23.5. The van der Waals surface area contributed by atoms with Gasteiger partial charge in [0.2, 0.25) is 5.91 Å². The number of rotatable bonds is 17. The summed E-state index contributed by atoms with van der Waals surface area (Å²) in [5.74, 6) is 0.167. The highest BCUT2D eigenvalue weighted by atomic mass is 16.6. The molecule has 2 aliphatic heterocycles. The predicted octanol–water partition coefficient (Wildman–Crippen LogP) is 1.44. The fraction of sp³-hybridized carbons (Fsp3) is 0.741. The molecule has 3 heterocycles. The highest BCUT2D eigenvalue weighted by Crippen LogP contribution is 2.34. The van der Waals surface area contributed by atoms with E-state index in [1.165, 1.54) is 12.2 Å². The van der Waals surface area contributed by atoms with Crippen LogP contribution in [0.1, 0.15) is 45.7 Å². The molecule has 39 heavy (non-hydrogen) atoms. The molecule has 0 atom stereocenters. The molecule has 1 saturated heterocycles. The van der Waals surface area contributed by atoms with E-state index in [1.807, 2.05) is 4.90 Å². The highest BCUT2D eigenvalue weighted by molar-refractivity contribution is 6.12. The smallest absolute Gasteiger partial charge is 0.253 e. The SMILES string of the molecule is CC(C)(C)C1CCN(C(=O)CCOCCOCCOCCOCCn2cc(CN3C(=O)C=CC3=O)nn2)CC1. The van der Waals surface area contributed by atoms with Gasteiger partial charge in [-0.2, -0.15) is 0 Å². The van der Waals surface area contributed by atoms with Gasteiger partial charge in [-0.25, -0.2) is 4.68 Å². The lowest BCUT2D eigenvalue weighted by atomic mass is 9.75. The van der Waals surface area contributed by atoms with E-state index in [1.54, 1.807) is 10.9 Å². The lowest BCUT2D eigenvalue weighted by molar-refractivity contribution is -0.137. The Kier molecular flexibility index (Phi) is 12.5. The van der Waals surface area contributed by atoms with Gasteiger partial charge in [0, 0.05) is 25.2 Å². The van der Waals surface area contributed by atoms with Crippen molar-refractivity contribution in [1.29, 1.82) is 0 Å². The second-order valence-electron chi connectivity index (χ2n) is 10.8. The third kappa shape index (κ3) is 10.8. The van der Waals surface area contributed by atoms with Crippen molar-refractivity contribution in [3.05, 3.63) is 24.0 Å². The summed E-state index contributed by atoms with van der Waals surface area (Å²) in [5.41, 5.74) is 0.846. The molecule has 0 saturated carbocycles. The van der Waals surface area contributed by atoms with Gasteiger partial charge in [0.25, 0.3) is 11.8 Å². The maximum Gasteiger partial charge on any atom is 0.253 e. The molecule has 12 nitrogen and oxygen atoms in total. The number of aromatic nitrogens is 3. The number of ether oxygens (including phenoxy) is 4. The molecule has 3 rings (SSSR count). The van der Waals surface area contributed by atoms with Crippen LogP contribution in [0.25, 0.3) is 0 Å². The molecule has 3 amide bonds. The van der Waals surface area contributed by atoms with Crippen LogP contribution in [-0.2, 0) is 46.4 Å². The molecular formula is C27H43N5O7. The van der Waals surface area contributed by atoms with E-state index in [9.17, 15) is 14.4 Å². The number of hydrogen-bond acceptors (Lipinski definition) is 9. The Morgan fingerprint density at radius 1 is 0.872 bits per heavy atom. The monoisotopic (exact) mass is 549 g/mol. The standard InChI is InChI=1S/C27H43N5O7/c1-27(2,3)22-6-9-30(10-7-22)24(33)8-12-36-14-16-38-18-19-39-17-15-37-13-11-31-20-23(28-29-31)21-32-25(34)4-5-26(32)35/h4-5,20,22H,6-19,21H2,1-3H3. The largest absolute Gasteiger partial charge is 0.379 e. The van der Waals surface area contributed by atoms with Crippen LogP contribution in [0.5, 0.6) is 0 Å². The lowest BCUT2D eigenvalue weighted by Crippen LogP contribution is -2.41. The zero-order valence-corrected chi connectivity index (χ0v) is 23.5. The Morgan fingerprint density at radius 3 is 1.97 bits per heavy atom. The molecule has 1 aromatic rings. The van der Waals surface area contributed by atoms with E-state index < -0.39 is 0 Å². The zero-order chi connectivity index (χ0) is 28.1. The molecule has 0 aromatic carbocycles. The predicted molar refractivity (Wildman–Crippen MR) is 141 cm³/mol. The van der Waals surface area contributed by atoms with E-state index in [0.717, 1.165) is 30.8 Å². The van der Waals surface area contributed by atoms with Gasteiger partial charge in [-0.05, 0) is 24.2 Å². The molecule has 218 valence electrons. The van der Waals surface area contributed by atoms with Crippen molar-refractivity contribution < 1.29 is 33.3 Å². The van der Waals surface area contributed by atoms with Crippen LogP contribution in [0.4, 0.5) is 0 Å². The fourth-order valence-corrected chi connectivity index (χ4v) is 4.50. The quantitative estimate of drug-likeness (QED) is 0.210. The van der Waals surface area contributed by atoms with Crippen LogP contribution >= 0.6 is 0 Å². The number of amides is 3. The summed E-state index contributed by atoms with van der Waals surface area (Å²) in [7, 11) is 0. The van der Waals surface area contributed by atoms with Gasteiger partial charge in [0.15, 0.2) is 0 Å². The molecule has 0 aliphatic carbocycles. The average molecular weight is 550 g/mol. The molecule has 0 spiro atoms. The van der Waals surface area contributed by atoms with E-state index in [2.05, 4.69) is 31.1 Å². The average Bonchev–Trinajstić information content (AvgIpc) is 3.49. The van der Waals surface area contributed by atoms with Crippen LogP contribution in [0, 0.1) is 11.3 Å². The van der Waals surface area contributed by atoms with Crippen LogP contribution in [0.3, 0.4) is 0 Å². The third-order valence-corrected chi connectivity index (χ3v) is 6.92.